The molecule has 0 bridgehead atoms. The number of nitriles is 1. The number of rotatable bonds is 2. The van der Waals surface area contributed by atoms with Gasteiger partial charge in [-0.15, -0.1) is 0 Å². The second-order valence-electron chi connectivity index (χ2n) is 3.50. The molecular weight excluding hydrogens is 198 g/mol. The number of aryl methyl sites for hydroxylation is 1. The number of para-hydroxylation sites is 1. The van der Waals surface area contributed by atoms with Crippen LogP contribution >= 0.6 is 0 Å². The van der Waals surface area contributed by atoms with E-state index in [-0.39, 0.29) is 0 Å². The lowest BCUT2D eigenvalue weighted by Gasteiger charge is -2.07. The highest BCUT2D eigenvalue weighted by Crippen LogP contribution is 2.24. The van der Waals surface area contributed by atoms with E-state index in [1.807, 2.05) is 31.2 Å². The van der Waals surface area contributed by atoms with Crippen LogP contribution in [0.1, 0.15) is 11.1 Å². The van der Waals surface area contributed by atoms with Crippen LogP contribution in [-0.2, 0) is 0 Å². The molecule has 0 saturated heterocycles. The van der Waals surface area contributed by atoms with E-state index in [2.05, 4.69) is 6.07 Å². The van der Waals surface area contributed by atoms with Gasteiger partial charge in [0.15, 0.2) is 0 Å². The Morgan fingerprint density at radius 3 is 2.31 bits per heavy atom. The third kappa shape index (κ3) is 2.21. The third-order valence-electron chi connectivity index (χ3n) is 2.30. The normalized spacial score (nSPS) is 9.50. The predicted octanol–water partition coefficient (Wildman–Crippen LogP) is 3.66. The molecule has 0 N–H and O–H groups in total. The molecule has 0 aliphatic heterocycles. The van der Waals surface area contributed by atoms with Crippen LogP contribution in [0, 0.1) is 18.3 Å². The highest BCUT2D eigenvalue weighted by atomic mass is 16.5. The van der Waals surface area contributed by atoms with Gasteiger partial charge in [0.05, 0.1) is 11.6 Å². The first-order valence-corrected chi connectivity index (χ1v) is 5.03. The molecule has 0 amide bonds. The molecule has 0 fully saturated rings. The summed E-state index contributed by atoms with van der Waals surface area (Å²) in [6, 6.07) is 17.0. The Kier molecular flexibility index (Phi) is 2.88. The van der Waals surface area contributed by atoms with Crippen molar-refractivity contribution in [3.63, 3.8) is 0 Å². The first kappa shape index (κ1) is 10.3. The van der Waals surface area contributed by atoms with Crippen molar-refractivity contribution >= 4 is 0 Å². The van der Waals surface area contributed by atoms with Crippen molar-refractivity contribution in [3.8, 4) is 17.6 Å². The van der Waals surface area contributed by atoms with Gasteiger partial charge in [-0.1, -0.05) is 18.2 Å². The van der Waals surface area contributed by atoms with Gasteiger partial charge >= 0.3 is 0 Å². The van der Waals surface area contributed by atoms with Crippen LogP contribution in [0.4, 0.5) is 0 Å². The van der Waals surface area contributed by atoms with Crippen LogP contribution in [0.2, 0.25) is 0 Å². The average molecular weight is 209 g/mol. The minimum atomic E-state index is 0.636. The maximum absolute atomic E-state index is 8.67. The standard InChI is InChI=1S/C14H11NO/c1-11-4-2-3-5-14(11)16-13-8-6-12(10-15)7-9-13/h2-9H,1H3. The van der Waals surface area contributed by atoms with Crippen molar-refractivity contribution in [2.75, 3.05) is 0 Å². The summed E-state index contributed by atoms with van der Waals surface area (Å²) in [6.45, 7) is 2.00. The van der Waals surface area contributed by atoms with Crippen molar-refractivity contribution < 1.29 is 4.74 Å². The minimum Gasteiger partial charge on any atom is -0.457 e. The highest BCUT2D eigenvalue weighted by Gasteiger charge is 1.99. The van der Waals surface area contributed by atoms with Crippen molar-refractivity contribution in [1.29, 1.82) is 5.26 Å². The summed E-state index contributed by atoms with van der Waals surface area (Å²) in [5.74, 6) is 1.58. The predicted molar refractivity (Wildman–Crippen MR) is 62.4 cm³/mol. The molecule has 0 aliphatic rings. The van der Waals surface area contributed by atoms with E-state index in [1.54, 1.807) is 24.3 Å². The molecule has 78 valence electrons. The SMILES string of the molecule is Cc1ccccc1Oc1ccc(C#N)cc1. The van der Waals surface area contributed by atoms with Gasteiger partial charge < -0.3 is 4.74 Å². The van der Waals surface area contributed by atoms with Crippen molar-refractivity contribution in [2.45, 2.75) is 6.92 Å². The smallest absolute Gasteiger partial charge is 0.130 e. The Labute approximate surface area is 94.7 Å². The lowest BCUT2D eigenvalue weighted by atomic mass is 10.2. The van der Waals surface area contributed by atoms with Crippen molar-refractivity contribution in [3.05, 3.63) is 59.7 Å². The van der Waals surface area contributed by atoms with Crippen molar-refractivity contribution in [1.82, 2.24) is 0 Å². The molecular formula is C14H11NO. The van der Waals surface area contributed by atoms with Crippen molar-refractivity contribution in [2.24, 2.45) is 0 Å². The molecule has 0 heterocycles. The largest absolute Gasteiger partial charge is 0.457 e. The van der Waals surface area contributed by atoms with E-state index in [9.17, 15) is 0 Å². The summed E-state index contributed by atoms with van der Waals surface area (Å²) < 4.78 is 5.70. The summed E-state index contributed by atoms with van der Waals surface area (Å²) in [7, 11) is 0. The topological polar surface area (TPSA) is 33.0 Å². The van der Waals surface area contributed by atoms with E-state index < -0.39 is 0 Å². The number of ether oxygens (including phenoxy) is 1. The van der Waals surface area contributed by atoms with E-state index >= 15 is 0 Å². The molecule has 2 aromatic rings. The molecule has 0 atom stereocenters. The van der Waals surface area contributed by atoms with Gasteiger partial charge in [-0.25, -0.2) is 0 Å². The van der Waals surface area contributed by atoms with Gasteiger partial charge in [-0.3, -0.25) is 0 Å². The zero-order chi connectivity index (χ0) is 11.4. The van der Waals surface area contributed by atoms with Crippen LogP contribution in [0.5, 0.6) is 11.5 Å². The molecule has 2 rings (SSSR count). The molecule has 2 nitrogen and oxygen atoms in total. The molecule has 0 saturated carbocycles. The van der Waals surface area contributed by atoms with E-state index in [4.69, 9.17) is 10.00 Å². The Bertz CT molecular complexity index is 523. The molecule has 2 aromatic carbocycles. The Hall–Kier alpha value is -2.27. The van der Waals surface area contributed by atoms with Gasteiger partial charge in [0.25, 0.3) is 0 Å². The van der Waals surface area contributed by atoms with Crippen LogP contribution in [0.15, 0.2) is 48.5 Å². The van der Waals surface area contributed by atoms with Gasteiger partial charge in [-0.05, 0) is 42.8 Å². The quantitative estimate of drug-likeness (QED) is 0.756. The molecule has 16 heavy (non-hydrogen) atoms. The maximum atomic E-state index is 8.67. The molecule has 0 aliphatic carbocycles. The van der Waals surface area contributed by atoms with Gasteiger partial charge in [0.2, 0.25) is 0 Å². The fourth-order valence-corrected chi connectivity index (χ4v) is 1.40. The second kappa shape index (κ2) is 4.50. The summed E-state index contributed by atoms with van der Waals surface area (Å²) >= 11 is 0. The fourth-order valence-electron chi connectivity index (χ4n) is 1.40. The molecule has 2 heteroatoms. The number of hydrogen-bond acceptors (Lipinski definition) is 2. The summed E-state index contributed by atoms with van der Waals surface area (Å²) in [6.07, 6.45) is 0. The Morgan fingerprint density at radius 1 is 1.00 bits per heavy atom. The monoisotopic (exact) mass is 209 g/mol. The number of hydrogen-bond donors (Lipinski definition) is 0. The summed E-state index contributed by atoms with van der Waals surface area (Å²) in [5, 5.41) is 8.67. The van der Waals surface area contributed by atoms with E-state index in [0.717, 1.165) is 17.1 Å². The number of benzene rings is 2. The van der Waals surface area contributed by atoms with E-state index in [1.165, 1.54) is 0 Å². The first-order chi connectivity index (χ1) is 7.79. The third-order valence-corrected chi connectivity index (χ3v) is 2.30. The van der Waals surface area contributed by atoms with E-state index in [0.29, 0.717) is 5.56 Å². The summed E-state index contributed by atoms with van der Waals surface area (Å²) in [4.78, 5) is 0. The lowest BCUT2D eigenvalue weighted by molar-refractivity contribution is 0.479. The molecule has 0 aromatic heterocycles. The zero-order valence-electron chi connectivity index (χ0n) is 8.97. The van der Waals surface area contributed by atoms with Crippen LogP contribution in [0.25, 0.3) is 0 Å². The zero-order valence-corrected chi connectivity index (χ0v) is 8.97. The van der Waals surface area contributed by atoms with Crippen LogP contribution < -0.4 is 4.74 Å². The maximum Gasteiger partial charge on any atom is 0.130 e. The second-order valence-corrected chi connectivity index (χ2v) is 3.50. The molecule has 0 spiro atoms. The average Bonchev–Trinajstić information content (AvgIpc) is 2.33. The van der Waals surface area contributed by atoms with Gasteiger partial charge in [0.1, 0.15) is 11.5 Å². The first-order valence-electron chi connectivity index (χ1n) is 5.03. The lowest BCUT2D eigenvalue weighted by Crippen LogP contribution is -1.86. The Balaban J connectivity index is 2.22. The van der Waals surface area contributed by atoms with Crippen LogP contribution in [-0.4, -0.2) is 0 Å². The summed E-state index contributed by atoms with van der Waals surface area (Å²) in [5.41, 5.74) is 1.73. The Morgan fingerprint density at radius 2 is 1.69 bits per heavy atom. The minimum absolute atomic E-state index is 0.636. The fraction of sp³-hybridized carbons (Fsp3) is 0.0714. The molecule has 0 radical (unpaired) electrons. The number of nitrogens with zero attached hydrogens (tertiary/aromatic N) is 1. The van der Waals surface area contributed by atoms with Gasteiger partial charge in [0, 0.05) is 0 Å². The van der Waals surface area contributed by atoms with Gasteiger partial charge in [-0.2, -0.15) is 5.26 Å². The molecule has 0 unspecified atom stereocenters. The highest BCUT2D eigenvalue weighted by molar-refractivity contribution is 5.39. The van der Waals surface area contributed by atoms with Crippen LogP contribution in [0.3, 0.4) is 0 Å².